The van der Waals surface area contributed by atoms with E-state index in [0.717, 1.165) is 24.3 Å². The SMILES string of the molecule is COc1ccc(OC(=O)C(F)(F)C(F)(F)C(=O)Oc2ccc(OC)cc2)cc1. The Hall–Kier alpha value is -3.30. The molecule has 0 unspecified atom stereocenters. The maximum atomic E-state index is 13.9. The highest BCUT2D eigenvalue weighted by atomic mass is 19.3. The van der Waals surface area contributed by atoms with Crippen molar-refractivity contribution in [2.45, 2.75) is 11.8 Å². The van der Waals surface area contributed by atoms with Gasteiger partial charge in [0.25, 0.3) is 0 Å². The zero-order chi connectivity index (χ0) is 20.9. The monoisotopic (exact) mass is 402 g/mol. The first-order valence-corrected chi connectivity index (χ1v) is 7.60. The Morgan fingerprint density at radius 3 is 1.11 bits per heavy atom. The van der Waals surface area contributed by atoms with Crippen LogP contribution in [0.25, 0.3) is 0 Å². The molecule has 0 radical (unpaired) electrons. The van der Waals surface area contributed by atoms with E-state index in [2.05, 4.69) is 9.47 Å². The minimum atomic E-state index is -5.48. The summed E-state index contributed by atoms with van der Waals surface area (Å²) in [5, 5.41) is 0. The topological polar surface area (TPSA) is 71.1 Å². The van der Waals surface area contributed by atoms with E-state index < -0.39 is 35.3 Å². The molecule has 2 aromatic carbocycles. The lowest BCUT2D eigenvalue weighted by molar-refractivity contribution is -0.228. The molecule has 0 saturated heterocycles. The van der Waals surface area contributed by atoms with Crippen molar-refractivity contribution in [1.29, 1.82) is 0 Å². The first-order chi connectivity index (χ1) is 13.1. The Kier molecular flexibility index (Phi) is 6.12. The average molecular weight is 402 g/mol. The summed E-state index contributed by atoms with van der Waals surface area (Å²) in [5.74, 6) is -16.4. The van der Waals surface area contributed by atoms with Gasteiger partial charge in [-0.25, -0.2) is 9.59 Å². The second kappa shape index (κ2) is 8.15. The number of esters is 2. The number of rotatable bonds is 7. The van der Waals surface area contributed by atoms with E-state index in [1.807, 2.05) is 0 Å². The van der Waals surface area contributed by atoms with Gasteiger partial charge in [0, 0.05) is 0 Å². The molecule has 0 saturated carbocycles. The van der Waals surface area contributed by atoms with Gasteiger partial charge in [-0.1, -0.05) is 0 Å². The fourth-order valence-electron chi connectivity index (χ4n) is 1.89. The van der Waals surface area contributed by atoms with E-state index in [-0.39, 0.29) is 0 Å². The fourth-order valence-corrected chi connectivity index (χ4v) is 1.89. The summed E-state index contributed by atoms with van der Waals surface area (Å²) >= 11 is 0. The molecule has 0 aromatic heterocycles. The summed E-state index contributed by atoms with van der Waals surface area (Å²) in [5.41, 5.74) is 0. The lowest BCUT2D eigenvalue weighted by atomic mass is 10.1. The smallest absolute Gasteiger partial charge is 0.416 e. The van der Waals surface area contributed by atoms with Crippen molar-refractivity contribution in [3.63, 3.8) is 0 Å². The zero-order valence-corrected chi connectivity index (χ0v) is 14.6. The highest BCUT2D eigenvalue weighted by molar-refractivity contribution is 5.91. The normalized spacial score (nSPS) is 11.5. The van der Waals surface area contributed by atoms with E-state index in [0.29, 0.717) is 11.5 Å². The number of hydrogen-bond acceptors (Lipinski definition) is 6. The second-order valence-electron chi connectivity index (χ2n) is 5.28. The summed E-state index contributed by atoms with van der Waals surface area (Å²) in [6.07, 6.45) is 0. The van der Waals surface area contributed by atoms with Gasteiger partial charge in [-0.3, -0.25) is 0 Å². The minimum Gasteiger partial charge on any atom is -0.497 e. The van der Waals surface area contributed by atoms with E-state index in [1.165, 1.54) is 38.5 Å². The Morgan fingerprint density at radius 2 is 0.857 bits per heavy atom. The predicted octanol–water partition coefficient (Wildman–Crippen LogP) is 3.49. The molecule has 0 aliphatic carbocycles. The van der Waals surface area contributed by atoms with Crippen LogP contribution in [0.2, 0.25) is 0 Å². The number of methoxy groups -OCH3 is 2. The molecule has 0 aliphatic heterocycles. The van der Waals surface area contributed by atoms with E-state index in [4.69, 9.17) is 9.47 Å². The van der Waals surface area contributed by atoms with Gasteiger partial charge in [0.05, 0.1) is 14.2 Å². The molecule has 2 aromatic rings. The number of ether oxygens (including phenoxy) is 4. The molecule has 0 aliphatic rings. The lowest BCUT2D eigenvalue weighted by Gasteiger charge is -2.22. The van der Waals surface area contributed by atoms with Crippen LogP contribution in [0.1, 0.15) is 0 Å². The van der Waals surface area contributed by atoms with Gasteiger partial charge in [-0.15, -0.1) is 0 Å². The largest absolute Gasteiger partial charge is 0.497 e. The molecule has 0 N–H and O–H groups in total. The molecule has 0 bridgehead atoms. The summed E-state index contributed by atoms with van der Waals surface area (Å²) < 4.78 is 73.8. The number of benzene rings is 2. The zero-order valence-electron chi connectivity index (χ0n) is 14.6. The van der Waals surface area contributed by atoms with Crippen LogP contribution in [0, 0.1) is 0 Å². The van der Waals surface area contributed by atoms with Gasteiger partial charge in [-0.2, -0.15) is 17.6 Å². The highest BCUT2D eigenvalue weighted by Crippen LogP contribution is 2.37. The van der Waals surface area contributed by atoms with Crippen LogP contribution in [0.4, 0.5) is 17.6 Å². The molecular weight excluding hydrogens is 388 g/mol. The van der Waals surface area contributed by atoms with E-state index in [9.17, 15) is 27.2 Å². The van der Waals surface area contributed by atoms with Crippen LogP contribution in [0.15, 0.2) is 48.5 Å². The molecule has 2 rings (SSSR count). The standard InChI is InChI=1S/C18H14F4O6/c1-25-11-3-7-13(8-4-11)27-15(23)17(19,20)18(21,22)16(24)28-14-9-5-12(26-2)6-10-14/h3-10H,1-2H3. The summed E-state index contributed by atoms with van der Waals surface area (Å²) in [7, 11) is 2.67. The molecule has 6 nitrogen and oxygen atoms in total. The summed E-state index contributed by atoms with van der Waals surface area (Å²) in [6.45, 7) is 0. The minimum absolute atomic E-state index is 0.319. The summed E-state index contributed by atoms with van der Waals surface area (Å²) in [6, 6.07) is 9.27. The number of alkyl halides is 4. The predicted molar refractivity (Wildman–Crippen MR) is 87.2 cm³/mol. The van der Waals surface area contributed by atoms with Crippen molar-refractivity contribution in [2.24, 2.45) is 0 Å². The van der Waals surface area contributed by atoms with Crippen molar-refractivity contribution >= 4 is 11.9 Å². The molecule has 0 spiro atoms. The third-order valence-corrected chi connectivity index (χ3v) is 3.45. The average Bonchev–Trinajstić information content (AvgIpc) is 2.68. The van der Waals surface area contributed by atoms with Crippen molar-refractivity contribution in [2.75, 3.05) is 14.2 Å². The Morgan fingerprint density at radius 1 is 0.607 bits per heavy atom. The van der Waals surface area contributed by atoms with Gasteiger partial charge in [0.15, 0.2) is 0 Å². The Bertz CT molecular complexity index is 763. The van der Waals surface area contributed by atoms with E-state index >= 15 is 0 Å². The van der Waals surface area contributed by atoms with Crippen LogP contribution in [-0.4, -0.2) is 38.0 Å². The molecule has 0 amide bonds. The second-order valence-corrected chi connectivity index (χ2v) is 5.28. The maximum absolute atomic E-state index is 13.9. The summed E-state index contributed by atoms with van der Waals surface area (Å²) in [4.78, 5) is 23.1. The first kappa shape index (κ1) is 21.0. The Labute approximate surface area is 156 Å². The third kappa shape index (κ3) is 4.33. The van der Waals surface area contributed by atoms with Crippen molar-refractivity contribution < 1.29 is 46.1 Å². The van der Waals surface area contributed by atoms with Gasteiger partial charge in [-0.05, 0) is 48.5 Å². The van der Waals surface area contributed by atoms with Crippen LogP contribution in [0.5, 0.6) is 23.0 Å². The number of carbonyl (C=O) groups excluding carboxylic acids is 2. The number of halogens is 4. The highest BCUT2D eigenvalue weighted by Gasteiger charge is 2.69. The van der Waals surface area contributed by atoms with Gasteiger partial charge < -0.3 is 18.9 Å². The van der Waals surface area contributed by atoms with Gasteiger partial charge >= 0.3 is 23.8 Å². The van der Waals surface area contributed by atoms with Crippen LogP contribution < -0.4 is 18.9 Å². The number of carbonyl (C=O) groups is 2. The van der Waals surface area contributed by atoms with Crippen LogP contribution in [0.3, 0.4) is 0 Å². The lowest BCUT2D eigenvalue weighted by Crippen LogP contribution is -2.55. The molecule has 10 heteroatoms. The van der Waals surface area contributed by atoms with Crippen molar-refractivity contribution in [3.8, 4) is 23.0 Å². The van der Waals surface area contributed by atoms with Crippen LogP contribution in [-0.2, 0) is 9.59 Å². The van der Waals surface area contributed by atoms with Crippen molar-refractivity contribution in [1.82, 2.24) is 0 Å². The fraction of sp³-hybridized carbons (Fsp3) is 0.222. The van der Waals surface area contributed by atoms with E-state index in [1.54, 1.807) is 0 Å². The molecule has 28 heavy (non-hydrogen) atoms. The molecule has 150 valence electrons. The molecule has 0 fully saturated rings. The molecule has 0 atom stereocenters. The Balaban J connectivity index is 2.12. The molecule has 0 heterocycles. The van der Waals surface area contributed by atoms with Crippen LogP contribution >= 0.6 is 0 Å². The maximum Gasteiger partial charge on any atom is 0.416 e. The quantitative estimate of drug-likeness (QED) is 0.401. The first-order valence-electron chi connectivity index (χ1n) is 7.60. The van der Waals surface area contributed by atoms with Gasteiger partial charge in [0.2, 0.25) is 0 Å². The van der Waals surface area contributed by atoms with Crippen molar-refractivity contribution in [3.05, 3.63) is 48.5 Å². The van der Waals surface area contributed by atoms with Gasteiger partial charge in [0.1, 0.15) is 23.0 Å². The molecular formula is C18H14F4O6. The third-order valence-electron chi connectivity index (χ3n) is 3.45. The number of hydrogen-bond donors (Lipinski definition) is 0.